The Labute approximate surface area is 107 Å². The quantitative estimate of drug-likeness (QED) is 0.888. The molecule has 1 aliphatic rings. The van der Waals surface area contributed by atoms with Crippen LogP contribution in [0.2, 0.25) is 0 Å². The lowest BCUT2D eigenvalue weighted by Crippen LogP contribution is -2.45. The molecule has 0 radical (unpaired) electrons. The van der Waals surface area contributed by atoms with E-state index in [-0.39, 0.29) is 0 Å². The first-order chi connectivity index (χ1) is 8.92. The van der Waals surface area contributed by atoms with Gasteiger partial charge < -0.3 is 4.74 Å². The summed E-state index contributed by atoms with van der Waals surface area (Å²) in [6, 6.07) is 8.54. The summed E-state index contributed by atoms with van der Waals surface area (Å²) in [5.41, 5.74) is 4.73. The second kappa shape index (κ2) is 5.44. The first-order valence-corrected chi connectivity index (χ1v) is 6.31. The van der Waals surface area contributed by atoms with Crippen LogP contribution in [-0.4, -0.2) is 36.3 Å². The molecule has 94 valence electrons. The van der Waals surface area contributed by atoms with Crippen LogP contribution in [0.1, 0.15) is 5.56 Å². The zero-order valence-corrected chi connectivity index (χ0v) is 10.3. The van der Waals surface area contributed by atoms with Gasteiger partial charge in [-0.2, -0.15) is 0 Å². The Morgan fingerprint density at radius 2 is 2.06 bits per heavy atom. The van der Waals surface area contributed by atoms with Gasteiger partial charge in [-0.15, -0.1) is 0 Å². The molecule has 2 aromatic rings. The molecule has 0 atom stereocenters. The number of hydrogen-bond acceptors (Lipinski definition) is 4. The lowest BCUT2D eigenvalue weighted by molar-refractivity contribution is 0.0106. The third-order valence-electron chi connectivity index (χ3n) is 3.22. The number of benzene rings is 1. The summed E-state index contributed by atoms with van der Waals surface area (Å²) in [6.07, 6.45) is 3.73. The minimum Gasteiger partial charge on any atom is -0.379 e. The summed E-state index contributed by atoms with van der Waals surface area (Å²) in [7, 11) is 0. The fraction of sp³-hybridized carbons (Fsp3) is 0.357. The minimum atomic E-state index is 0.816. The molecule has 1 aromatic carbocycles. The van der Waals surface area contributed by atoms with Crippen molar-refractivity contribution in [3.63, 3.8) is 0 Å². The van der Waals surface area contributed by atoms with Crippen molar-refractivity contribution >= 4 is 10.8 Å². The molecule has 1 saturated heterocycles. The fourth-order valence-electron chi connectivity index (χ4n) is 2.17. The van der Waals surface area contributed by atoms with E-state index >= 15 is 0 Å². The molecule has 4 nitrogen and oxygen atoms in total. The van der Waals surface area contributed by atoms with Gasteiger partial charge >= 0.3 is 0 Å². The number of ether oxygens (including phenoxy) is 1. The topological polar surface area (TPSA) is 37.4 Å². The first-order valence-electron chi connectivity index (χ1n) is 6.31. The van der Waals surface area contributed by atoms with Gasteiger partial charge in [0.15, 0.2) is 0 Å². The molecule has 0 aliphatic carbocycles. The summed E-state index contributed by atoms with van der Waals surface area (Å²) in [5, 5.41) is 4.65. The van der Waals surface area contributed by atoms with Crippen LogP contribution in [0, 0.1) is 0 Å². The summed E-state index contributed by atoms with van der Waals surface area (Å²) >= 11 is 0. The molecule has 1 aromatic heterocycles. The second-order valence-electron chi connectivity index (χ2n) is 4.49. The highest BCUT2D eigenvalue weighted by Gasteiger charge is 2.09. The van der Waals surface area contributed by atoms with Crippen LogP contribution in [0.25, 0.3) is 10.8 Å². The highest BCUT2D eigenvalue weighted by atomic mass is 16.5. The van der Waals surface area contributed by atoms with Crippen molar-refractivity contribution in [1.82, 2.24) is 15.4 Å². The SMILES string of the molecule is c1cc2cc(CNN3CCOCC3)ccc2cn1. The maximum atomic E-state index is 5.32. The summed E-state index contributed by atoms with van der Waals surface area (Å²) in [4.78, 5) is 4.12. The number of fused-ring (bicyclic) bond motifs is 1. The molecule has 0 spiro atoms. The number of morpholine rings is 1. The monoisotopic (exact) mass is 243 g/mol. The summed E-state index contributed by atoms with van der Waals surface area (Å²) < 4.78 is 5.32. The molecule has 1 N–H and O–H groups in total. The number of nitrogens with one attached hydrogen (secondary N) is 1. The van der Waals surface area contributed by atoms with Crippen molar-refractivity contribution in [2.75, 3.05) is 26.3 Å². The Balaban J connectivity index is 1.66. The average molecular weight is 243 g/mol. The smallest absolute Gasteiger partial charge is 0.0608 e. The molecule has 4 heteroatoms. The maximum absolute atomic E-state index is 5.32. The van der Waals surface area contributed by atoms with Gasteiger partial charge in [0.25, 0.3) is 0 Å². The van der Waals surface area contributed by atoms with Gasteiger partial charge in [-0.1, -0.05) is 12.1 Å². The Morgan fingerprint density at radius 3 is 2.94 bits per heavy atom. The van der Waals surface area contributed by atoms with E-state index in [0.717, 1.165) is 32.8 Å². The van der Waals surface area contributed by atoms with Crippen LogP contribution >= 0.6 is 0 Å². The lowest BCUT2D eigenvalue weighted by Gasteiger charge is -2.27. The van der Waals surface area contributed by atoms with Gasteiger partial charge in [-0.3, -0.25) is 10.4 Å². The lowest BCUT2D eigenvalue weighted by atomic mass is 10.1. The largest absolute Gasteiger partial charge is 0.379 e. The van der Waals surface area contributed by atoms with E-state index in [4.69, 9.17) is 4.74 Å². The van der Waals surface area contributed by atoms with Gasteiger partial charge in [0.2, 0.25) is 0 Å². The number of rotatable bonds is 3. The van der Waals surface area contributed by atoms with Crippen LogP contribution in [0.3, 0.4) is 0 Å². The molecule has 18 heavy (non-hydrogen) atoms. The van der Waals surface area contributed by atoms with E-state index in [0.29, 0.717) is 0 Å². The standard InChI is InChI=1S/C14H17N3O/c1-2-14-11-15-4-3-13(14)9-12(1)10-16-17-5-7-18-8-6-17/h1-4,9,11,16H,5-8,10H2. The number of hydrogen-bond donors (Lipinski definition) is 1. The number of nitrogens with zero attached hydrogens (tertiary/aromatic N) is 2. The third kappa shape index (κ3) is 2.67. The third-order valence-corrected chi connectivity index (χ3v) is 3.22. The van der Waals surface area contributed by atoms with Gasteiger partial charge in [0, 0.05) is 37.4 Å². The van der Waals surface area contributed by atoms with Crippen molar-refractivity contribution in [3.8, 4) is 0 Å². The van der Waals surface area contributed by atoms with Gasteiger partial charge in [0.05, 0.1) is 13.2 Å². The maximum Gasteiger partial charge on any atom is 0.0608 e. The first kappa shape index (κ1) is 11.6. The molecule has 0 saturated carbocycles. The normalized spacial score (nSPS) is 17.1. The summed E-state index contributed by atoms with van der Waals surface area (Å²) in [5.74, 6) is 0. The zero-order chi connectivity index (χ0) is 12.2. The van der Waals surface area contributed by atoms with Crippen LogP contribution < -0.4 is 5.43 Å². The minimum absolute atomic E-state index is 0.816. The Kier molecular flexibility index (Phi) is 3.50. The van der Waals surface area contributed by atoms with E-state index in [1.165, 1.54) is 16.3 Å². The molecule has 0 bridgehead atoms. The highest BCUT2D eigenvalue weighted by molar-refractivity contribution is 5.81. The van der Waals surface area contributed by atoms with E-state index in [2.05, 4.69) is 33.6 Å². The molecule has 3 rings (SSSR count). The molecule has 1 aliphatic heterocycles. The Bertz CT molecular complexity index is 523. The molecule has 1 fully saturated rings. The number of hydrazine groups is 1. The van der Waals surface area contributed by atoms with E-state index in [1.54, 1.807) is 0 Å². The Morgan fingerprint density at radius 1 is 1.17 bits per heavy atom. The van der Waals surface area contributed by atoms with Gasteiger partial charge in [-0.25, -0.2) is 5.01 Å². The van der Waals surface area contributed by atoms with Crippen molar-refractivity contribution in [2.45, 2.75) is 6.54 Å². The molecule has 0 amide bonds. The molecule has 2 heterocycles. The predicted octanol–water partition coefficient (Wildman–Crippen LogP) is 1.57. The second-order valence-corrected chi connectivity index (χ2v) is 4.49. The van der Waals surface area contributed by atoms with E-state index in [9.17, 15) is 0 Å². The van der Waals surface area contributed by atoms with Crippen LogP contribution in [0.5, 0.6) is 0 Å². The number of aromatic nitrogens is 1. The zero-order valence-electron chi connectivity index (χ0n) is 10.3. The molecular formula is C14H17N3O. The van der Waals surface area contributed by atoms with Gasteiger partial charge in [0.1, 0.15) is 0 Å². The van der Waals surface area contributed by atoms with Crippen molar-refractivity contribution in [3.05, 3.63) is 42.2 Å². The van der Waals surface area contributed by atoms with Gasteiger partial charge in [-0.05, 0) is 23.1 Å². The van der Waals surface area contributed by atoms with E-state index < -0.39 is 0 Å². The fourth-order valence-corrected chi connectivity index (χ4v) is 2.17. The number of pyridine rings is 1. The predicted molar refractivity (Wildman–Crippen MR) is 71.0 cm³/mol. The molecule has 0 unspecified atom stereocenters. The van der Waals surface area contributed by atoms with Crippen LogP contribution in [-0.2, 0) is 11.3 Å². The highest BCUT2D eigenvalue weighted by Crippen LogP contribution is 2.14. The average Bonchev–Trinajstić information content (AvgIpc) is 2.46. The van der Waals surface area contributed by atoms with Crippen molar-refractivity contribution < 1.29 is 4.74 Å². The van der Waals surface area contributed by atoms with E-state index in [1.807, 2.05) is 18.5 Å². The molecular weight excluding hydrogens is 226 g/mol. The Hall–Kier alpha value is -1.49. The van der Waals surface area contributed by atoms with Crippen LogP contribution in [0.4, 0.5) is 0 Å². The summed E-state index contributed by atoms with van der Waals surface area (Å²) in [6.45, 7) is 4.40. The van der Waals surface area contributed by atoms with Crippen LogP contribution in [0.15, 0.2) is 36.7 Å². The van der Waals surface area contributed by atoms with Crippen molar-refractivity contribution in [1.29, 1.82) is 0 Å². The van der Waals surface area contributed by atoms with Crippen molar-refractivity contribution in [2.24, 2.45) is 0 Å².